The van der Waals surface area contributed by atoms with Gasteiger partial charge in [0.1, 0.15) is 0 Å². The summed E-state index contributed by atoms with van der Waals surface area (Å²) in [6.07, 6.45) is -0.0374. The maximum atomic E-state index is 7.96. The molecule has 0 aromatic carbocycles. The molecule has 1 saturated heterocycles. The van der Waals surface area contributed by atoms with Gasteiger partial charge in [-0.1, -0.05) is 5.11 Å². The molecule has 1 aliphatic heterocycles. The average Bonchev–Trinajstić information content (AvgIpc) is 2.03. The summed E-state index contributed by atoms with van der Waals surface area (Å²) in [4.78, 5) is 2.62. The molecular formula is C5H9N3O2. The Kier molecular flexibility index (Phi) is 3.02. The second-order valence-electron chi connectivity index (χ2n) is 1.98. The van der Waals surface area contributed by atoms with Crippen LogP contribution in [0.15, 0.2) is 5.11 Å². The summed E-state index contributed by atoms with van der Waals surface area (Å²) in [6, 6.07) is 0. The van der Waals surface area contributed by atoms with E-state index >= 15 is 0 Å². The van der Waals surface area contributed by atoms with Gasteiger partial charge in [-0.3, -0.25) is 0 Å². The van der Waals surface area contributed by atoms with Crippen LogP contribution in [0.3, 0.4) is 0 Å². The molecule has 1 fully saturated rings. The molecule has 10 heavy (non-hydrogen) atoms. The molecule has 5 heteroatoms. The van der Waals surface area contributed by atoms with Gasteiger partial charge in [0.05, 0.1) is 32.5 Å². The van der Waals surface area contributed by atoms with Crippen LogP contribution in [-0.2, 0) is 9.47 Å². The molecule has 0 radical (unpaired) electrons. The van der Waals surface area contributed by atoms with Crippen molar-refractivity contribution in [1.29, 1.82) is 0 Å². The van der Waals surface area contributed by atoms with Crippen molar-refractivity contribution in [2.24, 2.45) is 5.11 Å². The lowest BCUT2D eigenvalue weighted by molar-refractivity contribution is -0.0834. The minimum atomic E-state index is -0.0374. The molecule has 1 unspecified atom stereocenters. The van der Waals surface area contributed by atoms with Crippen LogP contribution in [0.4, 0.5) is 0 Å². The predicted molar refractivity (Wildman–Crippen MR) is 34.6 cm³/mol. The van der Waals surface area contributed by atoms with Crippen molar-refractivity contribution in [2.45, 2.75) is 6.10 Å². The lowest BCUT2D eigenvalue weighted by Crippen LogP contribution is -2.30. The van der Waals surface area contributed by atoms with Gasteiger partial charge in [0.2, 0.25) is 0 Å². The molecule has 0 aromatic rings. The molecule has 1 atom stereocenters. The van der Waals surface area contributed by atoms with Gasteiger partial charge >= 0.3 is 0 Å². The maximum Gasteiger partial charge on any atom is 0.0865 e. The zero-order valence-corrected chi connectivity index (χ0v) is 5.56. The van der Waals surface area contributed by atoms with Crippen molar-refractivity contribution in [3.8, 4) is 0 Å². The van der Waals surface area contributed by atoms with E-state index in [4.69, 9.17) is 15.0 Å². The third-order valence-electron chi connectivity index (χ3n) is 1.23. The predicted octanol–water partition coefficient (Wildman–Crippen LogP) is 0.712. The van der Waals surface area contributed by atoms with Crippen molar-refractivity contribution in [1.82, 2.24) is 0 Å². The third kappa shape index (κ3) is 2.23. The van der Waals surface area contributed by atoms with Gasteiger partial charge in [-0.25, -0.2) is 0 Å². The van der Waals surface area contributed by atoms with E-state index in [1.54, 1.807) is 0 Å². The van der Waals surface area contributed by atoms with Crippen LogP contribution in [0, 0.1) is 0 Å². The van der Waals surface area contributed by atoms with Crippen LogP contribution in [0.5, 0.6) is 0 Å². The van der Waals surface area contributed by atoms with Gasteiger partial charge in [-0.05, 0) is 5.53 Å². The molecule has 0 spiro atoms. The van der Waals surface area contributed by atoms with Gasteiger partial charge in [-0.2, -0.15) is 0 Å². The highest BCUT2D eigenvalue weighted by Crippen LogP contribution is 2.00. The van der Waals surface area contributed by atoms with Crippen molar-refractivity contribution in [2.75, 3.05) is 26.4 Å². The third-order valence-corrected chi connectivity index (χ3v) is 1.23. The van der Waals surface area contributed by atoms with Crippen molar-refractivity contribution >= 4 is 0 Å². The van der Waals surface area contributed by atoms with E-state index in [1.807, 2.05) is 0 Å². The summed E-state index contributed by atoms with van der Waals surface area (Å²) < 4.78 is 10.3. The fraction of sp³-hybridized carbons (Fsp3) is 1.00. The van der Waals surface area contributed by atoms with Crippen LogP contribution in [-0.4, -0.2) is 32.5 Å². The number of nitrogens with zero attached hydrogens (tertiary/aromatic N) is 3. The zero-order valence-electron chi connectivity index (χ0n) is 5.56. The summed E-state index contributed by atoms with van der Waals surface area (Å²) in [5.41, 5.74) is 7.96. The highest BCUT2D eigenvalue weighted by molar-refractivity contribution is 4.63. The summed E-state index contributed by atoms with van der Waals surface area (Å²) in [5.74, 6) is 0. The van der Waals surface area contributed by atoms with Gasteiger partial charge in [0, 0.05) is 4.91 Å². The molecule has 1 rings (SSSR count). The van der Waals surface area contributed by atoms with Gasteiger partial charge < -0.3 is 9.47 Å². The molecule has 0 N–H and O–H groups in total. The van der Waals surface area contributed by atoms with Gasteiger partial charge in [-0.15, -0.1) is 0 Å². The fourth-order valence-electron chi connectivity index (χ4n) is 0.770. The van der Waals surface area contributed by atoms with Crippen LogP contribution >= 0.6 is 0 Å². The Balaban J connectivity index is 2.19. The van der Waals surface area contributed by atoms with Gasteiger partial charge in [0.15, 0.2) is 0 Å². The van der Waals surface area contributed by atoms with E-state index in [9.17, 15) is 0 Å². The van der Waals surface area contributed by atoms with Crippen molar-refractivity contribution in [3.63, 3.8) is 0 Å². The quantitative estimate of drug-likeness (QED) is 0.324. The number of azide groups is 1. The molecule has 0 aliphatic carbocycles. The standard InChI is InChI=1S/C5H9N3O2/c6-8-7-3-5-4-9-1-2-10-5/h5H,1-4H2. The van der Waals surface area contributed by atoms with E-state index < -0.39 is 0 Å². The molecule has 1 aliphatic rings. The lowest BCUT2D eigenvalue weighted by Gasteiger charge is -2.20. The molecule has 0 aromatic heterocycles. The minimum absolute atomic E-state index is 0.0374. The van der Waals surface area contributed by atoms with E-state index in [2.05, 4.69) is 10.0 Å². The first-order valence-electron chi connectivity index (χ1n) is 3.13. The van der Waals surface area contributed by atoms with Crippen LogP contribution in [0.1, 0.15) is 0 Å². The maximum absolute atomic E-state index is 7.96. The first-order valence-corrected chi connectivity index (χ1v) is 3.13. The zero-order chi connectivity index (χ0) is 7.23. The van der Waals surface area contributed by atoms with Gasteiger partial charge in [0.25, 0.3) is 0 Å². The Hall–Kier alpha value is -0.770. The van der Waals surface area contributed by atoms with E-state index in [1.165, 1.54) is 0 Å². The number of ether oxygens (including phenoxy) is 2. The Morgan fingerprint density at radius 1 is 1.60 bits per heavy atom. The second-order valence-corrected chi connectivity index (χ2v) is 1.98. The minimum Gasteiger partial charge on any atom is -0.376 e. The van der Waals surface area contributed by atoms with Crippen molar-refractivity contribution in [3.05, 3.63) is 10.4 Å². The summed E-state index contributed by atoms with van der Waals surface area (Å²) >= 11 is 0. The summed E-state index contributed by atoms with van der Waals surface area (Å²) in [5, 5.41) is 3.37. The molecule has 1 heterocycles. The van der Waals surface area contributed by atoms with E-state index in [0.717, 1.165) is 0 Å². The first-order chi connectivity index (χ1) is 4.93. The van der Waals surface area contributed by atoms with Crippen LogP contribution < -0.4 is 0 Å². The Bertz CT molecular complexity index is 138. The molecule has 5 nitrogen and oxygen atoms in total. The Morgan fingerprint density at radius 2 is 2.50 bits per heavy atom. The highest BCUT2D eigenvalue weighted by Gasteiger charge is 2.11. The number of hydrogen-bond donors (Lipinski definition) is 0. The molecule has 56 valence electrons. The molecule has 0 saturated carbocycles. The van der Waals surface area contributed by atoms with Crippen molar-refractivity contribution < 1.29 is 9.47 Å². The Morgan fingerprint density at radius 3 is 3.10 bits per heavy atom. The van der Waals surface area contributed by atoms with Crippen LogP contribution in [0.25, 0.3) is 10.4 Å². The topological polar surface area (TPSA) is 67.2 Å². The lowest BCUT2D eigenvalue weighted by atomic mass is 10.3. The normalized spacial score (nSPS) is 25.4. The number of hydrogen-bond acceptors (Lipinski definition) is 3. The summed E-state index contributed by atoms with van der Waals surface area (Å²) in [7, 11) is 0. The average molecular weight is 143 g/mol. The highest BCUT2D eigenvalue weighted by atomic mass is 16.6. The van der Waals surface area contributed by atoms with E-state index in [-0.39, 0.29) is 6.10 Å². The SMILES string of the molecule is [N-]=[N+]=NCC1COCCO1. The molecule has 0 bridgehead atoms. The largest absolute Gasteiger partial charge is 0.376 e. The number of rotatable bonds is 2. The first kappa shape index (κ1) is 7.34. The smallest absolute Gasteiger partial charge is 0.0865 e. The molecular weight excluding hydrogens is 134 g/mol. The monoisotopic (exact) mass is 143 g/mol. The summed E-state index contributed by atoms with van der Waals surface area (Å²) in [6.45, 7) is 2.16. The van der Waals surface area contributed by atoms with E-state index in [0.29, 0.717) is 26.4 Å². The van der Waals surface area contributed by atoms with Crippen LogP contribution in [0.2, 0.25) is 0 Å². The fourth-order valence-corrected chi connectivity index (χ4v) is 0.770. The Labute approximate surface area is 58.6 Å². The second kappa shape index (κ2) is 4.11. The molecule has 0 amide bonds.